The molecule has 4 fully saturated rings. The van der Waals surface area contributed by atoms with Crippen molar-refractivity contribution in [1.29, 1.82) is 0 Å². The molecule has 4 aliphatic rings. The van der Waals surface area contributed by atoms with Gasteiger partial charge in [0.25, 0.3) is 0 Å². The first-order chi connectivity index (χ1) is 17.4. The maximum atomic E-state index is 12.9. The summed E-state index contributed by atoms with van der Waals surface area (Å²) in [5.41, 5.74) is -3.79. The number of hydrogen-bond acceptors (Lipinski definition) is 7. The lowest BCUT2D eigenvalue weighted by molar-refractivity contribution is -0.288. The number of rotatable bonds is 4. The maximum Gasteiger partial charge on any atom is 0.338 e. The van der Waals surface area contributed by atoms with Crippen molar-refractivity contribution in [1.82, 2.24) is 0 Å². The summed E-state index contributed by atoms with van der Waals surface area (Å²) in [5.74, 6) is -0.606. The average molecular weight is 515 g/mol. The number of benzene rings is 1. The largest absolute Gasteiger partial charge is 0.462 e. The Labute approximate surface area is 219 Å². The number of esters is 2. The van der Waals surface area contributed by atoms with Gasteiger partial charge in [0.1, 0.15) is 17.8 Å². The van der Waals surface area contributed by atoms with Gasteiger partial charge in [-0.15, -0.1) is 0 Å². The molecule has 7 heteroatoms. The Morgan fingerprint density at radius 3 is 2.35 bits per heavy atom. The van der Waals surface area contributed by atoms with Gasteiger partial charge in [-0.3, -0.25) is 4.79 Å². The molecule has 204 valence electrons. The van der Waals surface area contributed by atoms with Crippen LogP contribution in [-0.2, 0) is 14.3 Å². The van der Waals surface area contributed by atoms with Gasteiger partial charge < -0.3 is 24.8 Å². The van der Waals surface area contributed by atoms with Crippen LogP contribution in [0.25, 0.3) is 0 Å². The van der Waals surface area contributed by atoms with E-state index in [-0.39, 0.29) is 29.8 Å². The number of aliphatic hydroxyl groups is 3. The van der Waals surface area contributed by atoms with Crippen LogP contribution < -0.4 is 0 Å². The normalized spacial score (nSPS) is 45.6. The molecule has 0 saturated heterocycles. The van der Waals surface area contributed by atoms with Gasteiger partial charge in [-0.05, 0) is 93.6 Å². The predicted octanol–water partition coefficient (Wildman–Crippen LogP) is 4.02. The quantitative estimate of drug-likeness (QED) is 0.520. The second-order valence-electron chi connectivity index (χ2n) is 12.7. The monoisotopic (exact) mass is 514 g/mol. The summed E-state index contributed by atoms with van der Waals surface area (Å²) in [6.45, 7) is 7.15. The summed E-state index contributed by atoms with van der Waals surface area (Å²) in [7, 11) is 0. The van der Waals surface area contributed by atoms with Crippen LogP contribution in [0.5, 0.6) is 0 Å². The van der Waals surface area contributed by atoms with Crippen LogP contribution in [-0.4, -0.2) is 56.8 Å². The highest BCUT2D eigenvalue weighted by molar-refractivity contribution is 5.89. The zero-order valence-corrected chi connectivity index (χ0v) is 22.5. The molecule has 5 rings (SSSR count). The van der Waals surface area contributed by atoms with E-state index in [0.29, 0.717) is 24.3 Å². The molecular formula is C30H42O7. The van der Waals surface area contributed by atoms with Gasteiger partial charge in [0.05, 0.1) is 22.7 Å². The minimum atomic E-state index is -1.59. The SMILES string of the molecule is CC(=O)O[C@H]1C[C@H]2[C@@H](CC[C@H]3C[C@H](O)CC[C@]32C)[C@@]2(O)CC[C@@](O)([C@H](C)OC(=O)c3ccccc3)[C@@]12C. The van der Waals surface area contributed by atoms with Crippen LogP contribution in [0.4, 0.5) is 0 Å². The number of aliphatic hydroxyl groups excluding tert-OH is 1. The third-order valence-corrected chi connectivity index (χ3v) is 11.3. The number of carbonyl (C=O) groups excluding carboxylic acids is 2. The zero-order valence-electron chi connectivity index (χ0n) is 22.5. The number of carbonyl (C=O) groups is 2. The van der Waals surface area contributed by atoms with E-state index < -0.39 is 40.8 Å². The van der Waals surface area contributed by atoms with Crippen LogP contribution in [0.3, 0.4) is 0 Å². The third-order valence-electron chi connectivity index (χ3n) is 11.3. The van der Waals surface area contributed by atoms with E-state index in [9.17, 15) is 24.9 Å². The van der Waals surface area contributed by atoms with Crippen LogP contribution in [0.1, 0.15) is 89.4 Å². The van der Waals surface area contributed by atoms with Crippen molar-refractivity contribution in [3.63, 3.8) is 0 Å². The molecule has 0 aliphatic heterocycles. The first-order valence-electron chi connectivity index (χ1n) is 13.9. The lowest BCUT2D eigenvalue weighted by Crippen LogP contribution is -2.72. The molecule has 0 amide bonds. The van der Waals surface area contributed by atoms with Crippen molar-refractivity contribution in [3.8, 4) is 0 Å². The summed E-state index contributed by atoms with van der Waals surface area (Å²) in [4.78, 5) is 25.3. The molecule has 0 heterocycles. The summed E-state index contributed by atoms with van der Waals surface area (Å²) in [5, 5.41) is 35.3. The van der Waals surface area contributed by atoms with Crippen molar-refractivity contribution in [2.24, 2.45) is 28.6 Å². The molecule has 7 nitrogen and oxygen atoms in total. The Kier molecular flexibility index (Phi) is 6.52. The van der Waals surface area contributed by atoms with Crippen molar-refractivity contribution < 1.29 is 34.4 Å². The van der Waals surface area contributed by atoms with Crippen LogP contribution in [0.15, 0.2) is 30.3 Å². The molecule has 0 aromatic heterocycles. The summed E-state index contributed by atoms with van der Waals surface area (Å²) >= 11 is 0. The fraction of sp³-hybridized carbons (Fsp3) is 0.733. The first kappa shape index (κ1) is 26.6. The molecule has 37 heavy (non-hydrogen) atoms. The summed E-state index contributed by atoms with van der Waals surface area (Å²) < 4.78 is 11.8. The number of fused-ring (bicyclic) bond motifs is 5. The van der Waals surface area contributed by atoms with Gasteiger partial charge in [-0.25, -0.2) is 4.79 Å². The summed E-state index contributed by atoms with van der Waals surface area (Å²) in [6, 6.07) is 8.66. The average Bonchev–Trinajstić information content (AvgIpc) is 3.08. The molecule has 0 bridgehead atoms. The van der Waals surface area contributed by atoms with E-state index in [1.807, 2.05) is 13.0 Å². The fourth-order valence-corrected chi connectivity index (χ4v) is 9.14. The Hall–Kier alpha value is -1.96. The molecule has 3 N–H and O–H groups in total. The Bertz CT molecular complexity index is 1040. The molecule has 0 radical (unpaired) electrons. The van der Waals surface area contributed by atoms with E-state index in [4.69, 9.17) is 9.47 Å². The lowest BCUT2D eigenvalue weighted by atomic mass is 9.42. The second kappa shape index (κ2) is 9.06. The van der Waals surface area contributed by atoms with Crippen LogP contribution in [0.2, 0.25) is 0 Å². The standard InChI is InChI=1S/C30H42O7/c1-18(36-26(33)20-8-6-5-7-9-20)29(34)14-15-30(35)23-11-10-21-16-22(32)12-13-27(21,3)24(23)17-25(28(29,30)4)37-19(2)31/h5-9,18,21-25,32,34-35H,10-17H2,1-4H3/t18-,21-,22+,23+,24-,25-,27+,28+,29+,30-/m0/s1. The van der Waals surface area contributed by atoms with Gasteiger partial charge in [0.15, 0.2) is 0 Å². The topological polar surface area (TPSA) is 113 Å². The Balaban J connectivity index is 1.51. The van der Waals surface area contributed by atoms with Crippen molar-refractivity contribution in [2.75, 3.05) is 0 Å². The molecule has 4 saturated carbocycles. The Morgan fingerprint density at radius 2 is 1.68 bits per heavy atom. The van der Waals surface area contributed by atoms with Gasteiger partial charge in [-0.1, -0.05) is 32.0 Å². The molecule has 10 atom stereocenters. The number of hydrogen-bond donors (Lipinski definition) is 3. The highest BCUT2D eigenvalue weighted by atomic mass is 16.6. The smallest absolute Gasteiger partial charge is 0.338 e. The Morgan fingerprint density at radius 1 is 0.973 bits per heavy atom. The van der Waals surface area contributed by atoms with Gasteiger partial charge in [-0.2, -0.15) is 0 Å². The zero-order chi connectivity index (χ0) is 26.8. The fourth-order valence-electron chi connectivity index (χ4n) is 9.14. The van der Waals surface area contributed by atoms with E-state index in [2.05, 4.69) is 6.92 Å². The molecular weight excluding hydrogens is 472 g/mol. The third kappa shape index (κ3) is 3.79. The van der Waals surface area contributed by atoms with Crippen molar-refractivity contribution in [2.45, 2.75) is 109 Å². The van der Waals surface area contributed by atoms with Gasteiger partial charge in [0.2, 0.25) is 0 Å². The van der Waals surface area contributed by atoms with Gasteiger partial charge in [0, 0.05) is 6.92 Å². The first-order valence-corrected chi connectivity index (χ1v) is 13.9. The highest BCUT2D eigenvalue weighted by Gasteiger charge is 2.77. The molecule has 0 unspecified atom stereocenters. The van der Waals surface area contributed by atoms with E-state index in [1.54, 1.807) is 31.2 Å². The molecule has 1 aromatic rings. The molecule has 0 spiro atoms. The molecule has 4 aliphatic carbocycles. The second-order valence-corrected chi connectivity index (χ2v) is 12.7. The van der Waals surface area contributed by atoms with Crippen molar-refractivity contribution in [3.05, 3.63) is 35.9 Å². The van der Waals surface area contributed by atoms with E-state index in [1.165, 1.54) is 6.92 Å². The summed E-state index contributed by atoms with van der Waals surface area (Å²) in [6.07, 6.45) is 3.27. The maximum absolute atomic E-state index is 12.9. The van der Waals surface area contributed by atoms with Crippen LogP contribution in [0, 0.1) is 28.6 Å². The van der Waals surface area contributed by atoms with Crippen LogP contribution >= 0.6 is 0 Å². The van der Waals surface area contributed by atoms with Crippen molar-refractivity contribution >= 4 is 11.9 Å². The number of ether oxygens (including phenoxy) is 2. The predicted molar refractivity (Wildman–Crippen MR) is 136 cm³/mol. The van der Waals surface area contributed by atoms with E-state index >= 15 is 0 Å². The highest BCUT2D eigenvalue weighted by Crippen LogP contribution is 2.71. The molecule has 1 aromatic carbocycles. The minimum absolute atomic E-state index is 0.0770. The van der Waals surface area contributed by atoms with Gasteiger partial charge >= 0.3 is 11.9 Å². The minimum Gasteiger partial charge on any atom is -0.462 e. The lowest BCUT2D eigenvalue weighted by Gasteiger charge is -2.66. The van der Waals surface area contributed by atoms with E-state index in [0.717, 1.165) is 32.1 Å².